The Morgan fingerprint density at radius 2 is 1.91 bits per heavy atom. The molecule has 2 N–H and O–H groups in total. The van der Waals surface area contributed by atoms with E-state index in [0.29, 0.717) is 11.3 Å². The van der Waals surface area contributed by atoms with Gasteiger partial charge >= 0.3 is 0 Å². The first-order valence-corrected chi connectivity index (χ1v) is 12.1. The standard InChI is InChI=1S/C28H21N5OS/c1-18-5-6-25(32-28(34)21-4-2-3-19(11-21)22-8-10-35-17-22)13-26(18)33-16-24(15-31-33)23-12-20-7-9-29-27(20)30-14-23/h2-17H,1H3,(H,29,30)(H,32,34). The Bertz CT molecular complexity index is 1660. The molecule has 0 spiro atoms. The fourth-order valence-electron chi connectivity index (χ4n) is 4.11. The highest BCUT2D eigenvalue weighted by Gasteiger charge is 2.12. The molecule has 0 aliphatic heterocycles. The topological polar surface area (TPSA) is 75.6 Å². The summed E-state index contributed by atoms with van der Waals surface area (Å²) >= 11 is 1.64. The summed E-state index contributed by atoms with van der Waals surface area (Å²) in [5, 5.41) is 12.8. The number of H-pyrrole nitrogens is 1. The second-order valence-electron chi connectivity index (χ2n) is 8.36. The predicted octanol–water partition coefficient (Wildman–Crippen LogP) is 6.70. The Balaban J connectivity index is 1.26. The maximum atomic E-state index is 13.0. The SMILES string of the molecule is Cc1ccc(NC(=O)c2cccc(-c3ccsc3)c2)cc1-n1cc(-c2cnc3[nH]ccc3c2)cn1. The van der Waals surface area contributed by atoms with Crippen LogP contribution in [0.5, 0.6) is 0 Å². The Labute approximate surface area is 205 Å². The molecule has 6 aromatic rings. The number of benzene rings is 2. The highest BCUT2D eigenvalue weighted by atomic mass is 32.1. The van der Waals surface area contributed by atoms with Gasteiger partial charge in [0.1, 0.15) is 5.65 Å². The summed E-state index contributed by atoms with van der Waals surface area (Å²) in [6, 6.07) is 19.7. The third kappa shape index (κ3) is 4.13. The first kappa shape index (κ1) is 21.1. The van der Waals surface area contributed by atoms with E-state index < -0.39 is 0 Å². The molecule has 0 fully saturated rings. The molecule has 2 aromatic carbocycles. The number of nitrogens with one attached hydrogen (secondary N) is 2. The van der Waals surface area contributed by atoms with Crippen LogP contribution in [-0.4, -0.2) is 25.7 Å². The normalized spacial score (nSPS) is 11.1. The quantitative estimate of drug-likeness (QED) is 0.291. The molecule has 0 radical (unpaired) electrons. The van der Waals surface area contributed by atoms with Crippen molar-refractivity contribution in [2.45, 2.75) is 6.92 Å². The van der Waals surface area contributed by atoms with E-state index in [0.717, 1.165) is 44.5 Å². The van der Waals surface area contributed by atoms with Gasteiger partial charge in [-0.3, -0.25) is 4.79 Å². The molecule has 6 rings (SSSR count). The summed E-state index contributed by atoms with van der Waals surface area (Å²) in [5.74, 6) is -0.149. The second-order valence-corrected chi connectivity index (χ2v) is 9.14. The van der Waals surface area contributed by atoms with Crippen molar-refractivity contribution in [2.75, 3.05) is 5.32 Å². The van der Waals surface area contributed by atoms with Crippen LogP contribution in [0.25, 0.3) is 39.0 Å². The van der Waals surface area contributed by atoms with Crippen molar-refractivity contribution in [1.82, 2.24) is 19.7 Å². The van der Waals surface area contributed by atoms with Crippen molar-refractivity contribution in [2.24, 2.45) is 0 Å². The van der Waals surface area contributed by atoms with Crippen molar-refractivity contribution in [3.05, 3.63) is 107 Å². The van der Waals surface area contributed by atoms with Crippen molar-refractivity contribution in [3.63, 3.8) is 0 Å². The molecule has 170 valence electrons. The monoisotopic (exact) mass is 475 g/mol. The lowest BCUT2D eigenvalue weighted by Gasteiger charge is -2.11. The summed E-state index contributed by atoms with van der Waals surface area (Å²) in [5.41, 5.74) is 8.25. The van der Waals surface area contributed by atoms with E-state index >= 15 is 0 Å². The van der Waals surface area contributed by atoms with E-state index in [9.17, 15) is 4.79 Å². The van der Waals surface area contributed by atoms with Crippen LogP contribution in [-0.2, 0) is 0 Å². The van der Waals surface area contributed by atoms with Crippen LogP contribution in [0.3, 0.4) is 0 Å². The van der Waals surface area contributed by atoms with Gasteiger partial charge in [0.05, 0.1) is 11.9 Å². The predicted molar refractivity (Wildman–Crippen MR) is 141 cm³/mol. The molecule has 0 saturated carbocycles. The van der Waals surface area contributed by atoms with Gasteiger partial charge in [0.2, 0.25) is 0 Å². The number of amides is 1. The van der Waals surface area contributed by atoms with Gasteiger partial charge in [0.25, 0.3) is 5.91 Å². The van der Waals surface area contributed by atoms with Gasteiger partial charge in [0, 0.05) is 46.4 Å². The van der Waals surface area contributed by atoms with Crippen LogP contribution in [0.4, 0.5) is 5.69 Å². The van der Waals surface area contributed by atoms with Gasteiger partial charge in [-0.1, -0.05) is 18.2 Å². The minimum atomic E-state index is -0.149. The van der Waals surface area contributed by atoms with E-state index in [2.05, 4.69) is 37.9 Å². The lowest BCUT2D eigenvalue weighted by Crippen LogP contribution is -2.12. The summed E-state index contributed by atoms with van der Waals surface area (Å²) in [6.45, 7) is 2.03. The zero-order valence-electron chi connectivity index (χ0n) is 18.9. The van der Waals surface area contributed by atoms with Gasteiger partial charge in [0.15, 0.2) is 0 Å². The summed E-state index contributed by atoms with van der Waals surface area (Å²) in [6.07, 6.45) is 7.53. The molecule has 4 heterocycles. The maximum Gasteiger partial charge on any atom is 0.255 e. The number of hydrogen-bond acceptors (Lipinski definition) is 4. The van der Waals surface area contributed by atoms with Crippen molar-refractivity contribution < 1.29 is 4.79 Å². The summed E-state index contributed by atoms with van der Waals surface area (Å²) < 4.78 is 1.83. The molecule has 0 unspecified atom stereocenters. The number of anilines is 1. The van der Waals surface area contributed by atoms with E-state index in [1.807, 2.05) is 90.3 Å². The lowest BCUT2D eigenvalue weighted by atomic mass is 10.1. The number of hydrogen-bond donors (Lipinski definition) is 2. The molecule has 1 amide bonds. The van der Waals surface area contributed by atoms with E-state index in [-0.39, 0.29) is 5.91 Å². The fraction of sp³-hybridized carbons (Fsp3) is 0.0357. The number of rotatable bonds is 5. The lowest BCUT2D eigenvalue weighted by molar-refractivity contribution is 0.102. The summed E-state index contributed by atoms with van der Waals surface area (Å²) in [4.78, 5) is 20.6. The third-order valence-electron chi connectivity index (χ3n) is 6.01. The van der Waals surface area contributed by atoms with Gasteiger partial charge in [-0.2, -0.15) is 16.4 Å². The van der Waals surface area contributed by atoms with E-state index in [1.165, 1.54) is 0 Å². The molecule has 0 aliphatic carbocycles. The van der Waals surface area contributed by atoms with Crippen LogP contribution in [0.1, 0.15) is 15.9 Å². The van der Waals surface area contributed by atoms with Crippen LogP contribution in [0.2, 0.25) is 0 Å². The Kier molecular flexibility index (Phi) is 5.24. The van der Waals surface area contributed by atoms with Crippen LogP contribution < -0.4 is 5.32 Å². The zero-order chi connectivity index (χ0) is 23.8. The molecule has 0 atom stereocenters. The molecule has 7 heteroatoms. The number of nitrogens with zero attached hydrogens (tertiary/aromatic N) is 3. The summed E-state index contributed by atoms with van der Waals surface area (Å²) in [7, 11) is 0. The fourth-order valence-corrected chi connectivity index (χ4v) is 4.77. The van der Waals surface area contributed by atoms with Crippen molar-refractivity contribution in [1.29, 1.82) is 0 Å². The van der Waals surface area contributed by atoms with Crippen LogP contribution in [0.15, 0.2) is 96.2 Å². The number of aryl methyl sites for hydroxylation is 1. The minimum Gasteiger partial charge on any atom is -0.346 e. The number of carbonyl (C=O) groups excluding carboxylic acids is 1. The Morgan fingerprint density at radius 3 is 2.80 bits per heavy atom. The molecular weight excluding hydrogens is 454 g/mol. The van der Waals surface area contributed by atoms with Crippen LogP contribution >= 0.6 is 11.3 Å². The van der Waals surface area contributed by atoms with Gasteiger partial charge in [-0.15, -0.1) is 0 Å². The largest absolute Gasteiger partial charge is 0.346 e. The molecular formula is C28H21N5OS. The van der Waals surface area contributed by atoms with Gasteiger partial charge in [-0.05, 0) is 76.8 Å². The maximum absolute atomic E-state index is 13.0. The molecule has 0 saturated heterocycles. The van der Waals surface area contributed by atoms with Crippen molar-refractivity contribution in [3.8, 4) is 27.9 Å². The number of fused-ring (bicyclic) bond motifs is 1. The number of carbonyl (C=O) groups is 1. The first-order valence-electron chi connectivity index (χ1n) is 11.2. The van der Waals surface area contributed by atoms with E-state index in [1.54, 1.807) is 11.3 Å². The molecule has 0 bridgehead atoms. The Hall–Kier alpha value is -4.49. The van der Waals surface area contributed by atoms with Crippen LogP contribution in [0, 0.1) is 6.92 Å². The number of thiophene rings is 1. The molecule has 35 heavy (non-hydrogen) atoms. The third-order valence-corrected chi connectivity index (χ3v) is 6.69. The highest BCUT2D eigenvalue weighted by molar-refractivity contribution is 7.08. The smallest absolute Gasteiger partial charge is 0.255 e. The number of aromatic nitrogens is 4. The average molecular weight is 476 g/mol. The highest BCUT2D eigenvalue weighted by Crippen LogP contribution is 2.26. The number of aromatic amines is 1. The molecule has 4 aromatic heterocycles. The average Bonchev–Trinajstić information content (AvgIpc) is 3.66. The Morgan fingerprint density at radius 1 is 0.971 bits per heavy atom. The van der Waals surface area contributed by atoms with Gasteiger partial charge < -0.3 is 10.3 Å². The second kappa shape index (κ2) is 8.70. The molecule has 6 nitrogen and oxygen atoms in total. The first-order chi connectivity index (χ1) is 17.1. The van der Waals surface area contributed by atoms with Gasteiger partial charge in [-0.25, -0.2) is 9.67 Å². The van der Waals surface area contributed by atoms with E-state index in [4.69, 9.17) is 0 Å². The number of pyridine rings is 1. The molecule has 0 aliphatic rings. The zero-order valence-corrected chi connectivity index (χ0v) is 19.7. The van der Waals surface area contributed by atoms with Crippen molar-refractivity contribution >= 4 is 34.0 Å². The minimum absolute atomic E-state index is 0.149.